The molecular formula is C5H2NO3S. The Morgan fingerprint density at radius 2 is 2.50 bits per heavy atom. The molecule has 0 atom stereocenters. The third-order valence-electron chi connectivity index (χ3n) is 0.859. The van der Waals surface area contributed by atoms with Gasteiger partial charge in [-0.05, 0) is 0 Å². The van der Waals surface area contributed by atoms with Crippen molar-refractivity contribution in [3.8, 4) is 0 Å². The third-order valence-corrected chi connectivity index (χ3v) is 1.67. The third kappa shape index (κ3) is 1.19. The molecule has 0 spiro atoms. The number of hydrogen-bond donors (Lipinski definition) is 0. The smallest absolute Gasteiger partial charge is 0.298 e. The molecule has 0 aliphatic heterocycles. The summed E-state index contributed by atoms with van der Waals surface area (Å²) in [6, 6.07) is 1.19. The lowest BCUT2D eigenvalue weighted by Gasteiger charge is -1.77. The first-order chi connectivity index (χ1) is 4.74. The van der Waals surface area contributed by atoms with E-state index in [-0.39, 0.29) is 10.6 Å². The Bertz CT molecular complexity index is 268. The van der Waals surface area contributed by atoms with Crippen molar-refractivity contribution < 1.29 is 9.72 Å². The van der Waals surface area contributed by atoms with Crippen LogP contribution in [0.5, 0.6) is 0 Å². The van der Waals surface area contributed by atoms with Crippen LogP contribution in [-0.4, -0.2) is 11.2 Å². The summed E-state index contributed by atoms with van der Waals surface area (Å²) in [6.07, 6.45) is 0.531. The largest absolute Gasteiger partial charge is 0.325 e. The van der Waals surface area contributed by atoms with Crippen molar-refractivity contribution in [2.24, 2.45) is 0 Å². The van der Waals surface area contributed by atoms with E-state index in [0.29, 0.717) is 6.29 Å². The summed E-state index contributed by atoms with van der Waals surface area (Å²) >= 11 is 0.827. The number of rotatable bonds is 2. The van der Waals surface area contributed by atoms with E-state index >= 15 is 0 Å². The second-order valence-electron chi connectivity index (χ2n) is 1.52. The molecule has 0 fully saturated rings. The van der Waals surface area contributed by atoms with E-state index < -0.39 is 4.92 Å². The summed E-state index contributed by atoms with van der Waals surface area (Å²) < 4.78 is 0. The van der Waals surface area contributed by atoms with Crippen molar-refractivity contribution in [1.29, 1.82) is 0 Å². The van der Waals surface area contributed by atoms with Crippen molar-refractivity contribution in [2.45, 2.75) is 0 Å². The molecule has 10 heavy (non-hydrogen) atoms. The summed E-state index contributed by atoms with van der Waals surface area (Å²) in [6.45, 7) is 0. The Hall–Kier alpha value is -1.23. The predicted octanol–water partition coefficient (Wildman–Crippen LogP) is 1.27. The van der Waals surface area contributed by atoms with Gasteiger partial charge in [0.1, 0.15) is 0 Å². The summed E-state index contributed by atoms with van der Waals surface area (Å²) in [4.78, 5) is 19.5. The lowest BCUT2D eigenvalue weighted by atomic mass is 10.4. The normalized spacial score (nSPS) is 9.20. The molecule has 1 radical (unpaired) electrons. The molecule has 0 bridgehead atoms. The maximum Gasteiger partial charge on any atom is 0.325 e. The van der Waals surface area contributed by atoms with Crippen molar-refractivity contribution in [3.05, 3.63) is 27.1 Å². The maximum atomic E-state index is 10.0. The molecule has 0 saturated heterocycles. The van der Waals surface area contributed by atoms with Crippen LogP contribution in [0.4, 0.5) is 5.00 Å². The van der Waals surface area contributed by atoms with E-state index in [1.165, 1.54) is 6.07 Å². The van der Waals surface area contributed by atoms with Crippen molar-refractivity contribution in [1.82, 2.24) is 0 Å². The van der Waals surface area contributed by atoms with E-state index in [2.05, 4.69) is 5.38 Å². The van der Waals surface area contributed by atoms with Gasteiger partial charge in [0.05, 0.1) is 10.3 Å². The Kier molecular flexibility index (Phi) is 1.77. The lowest BCUT2D eigenvalue weighted by molar-refractivity contribution is -0.380. The topological polar surface area (TPSA) is 60.2 Å². The molecular weight excluding hydrogens is 154 g/mol. The van der Waals surface area contributed by atoms with Crippen LogP contribution in [0.2, 0.25) is 0 Å². The van der Waals surface area contributed by atoms with Gasteiger partial charge in [-0.3, -0.25) is 14.9 Å². The second-order valence-corrected chi connectivity index (χ2v) is 2.34. The van der Waals surface area contributed by atoms with E-state index in [1.54, 1.807) is 0 Å². The van der Waals surface area contributed by atoms with Gasteiger partial charge in [0.25, 0.3) is 0 Å². The minimum Gasteiger partial charge on any atom is -0.298 e. The highest BCUT2D eigenvalue weighted by atomic mass is 32.1. The molecule has 5 heteroatoms. The zero-order valence-electron chi connectivity index (χ0n) is 4.73. The fraction of sp³-hybridized carbons (Fsp3) is 0. The Morgan fingerprint density at radius 1 is 1.80 bits per heavy atom. The second kappa shape index (κ2) is 2.57. The quantitative estimate of drug-likeness (QED) is 0.368. The van der Waals surface area contributed by atoms with E-state index in [1.807, 2.05) is 0 Å². The number of hydrogen-bond acceptors (Lipinski definition) is 4. The van der Waals surface area contributed by atoms with Crippen LogP contribution in [0.1, 0.15) is 10.4 Å². The first-order valence-electron chi connectivity index (χ1n) is 2.35. The Labute approximate surface area is 60.3 Å². The number of nitrogens with zero attached hydrogens (tertiary/aromatic N) is 1. The van der Waals surface area contributed by atoms with Gasteiger partial charge in [-0.15, -0.1) is 0 Å². The summed E-state index contributed by atoms with van der Waals surface area (Å²) in [5.74, 6) is 0. The molecule has 0 N–H and O–H groups in total. The van der Waals surface area contributed by atoms with Crippen molar-refractivity contribution >= 4 is 22.6 Å². The zero-order valence-corrected chi connectivity index (χ0v) is 5.55. The molecule has 0 aromatic carbocycles. The highest BCUT2D eigenvalue weighted by molar-refractivity contribution is 7.13. The molecule has 4 nitrogen and oxygen atoms in total. The van der Waals surface area contributed by atoms with Crippen LogP contribution in [0.15, 0.2) is 6.07 Å². The minimum absolute atomic E-state index is 0.0536. The van der Waals surface area contributed by atoms with Gasteiger partial charge in [-0.25, -0.2) is 0 Å². The average molecular weight is 156 g/mol. The molecule has 1 heterocycles. The summed E-state index contributed by atoms with van der Waals surface area (Å²) in [5, 5.41) is 12.4. The predicted molar refractivity (Wildman–Crippen MR) is 35.2 cm³/mol. The van der Waals surface area contributed by atoms with Gasteiger partial charge >= 0.3 is 5.00 Å². The van der Waals surface area contributed by atoms with E-state index in [0.717, 1.165) is 11.3 Å². The van der Waals surface area contributed by atoms with Crippen LogP contribution in [-0.2, 0) is 0 Å². The number of nitro groups is 1. The van der Waals surface area contributed by atoms with E-state index in [9.17, 15) is 14.9 Å². The van der Waals surface area contributed by atoms with Crippen LogP contribution in [0, 0.1) is 15.5 Å². The van der Waals surface area contributed by atoms with Gasteiger partial charge in [0.15, 0.2) is 6.29 Å². The molecule has 0 aliphatic carbocycles. The zero-order chi connectivity index (χ0) is 7.56. The number of carbonyl (C=O) groups is 1. The number of aldehydes is 1. The molecule has 51 valence electrons. The molecule has 1 aromatic heterocycles. The van der Waals surface area contributed by atoms with Gasteiger partial charge in [-0.2, -0.15) is 0 Å². The van der Waals surface area contributed by atoms with Gasteiger partial charge in [0, 0.05) is 11.6 Å². The van der Waals surface area contributed by atoms with Crippen LogP contribution >= 0.6 is 11.3 Å². The highest BCUT2D eigenvalue weighted by Crippen LogP contribution is 2.20. The Morgan fingerprint density at radius 3 is 2.80 bits per heavy atom. The lowest BCUT2D eigenvalue weighted by Crippen LogP contribution is -1.81. The van der Waals surface area contributed by atoms with Crippen LogP contribution in [0.25, 0.3) is 0 Å². The maximum absolute atomic E-state index is 10.0. The fourth-order valence-corrected chi connectivity index (χ4v) is 1.04. The molecule has 0 unspecified atom stereocenters. The SMILES string of the molecule is O=Cc1[c]sc([N+](=O)[O-])c1. The molecule has 1 rings (SSSR count). The highest BCUT2D eigenvalue weighted by Gasteiger charge is 2.08. The van der Waals surface area contributed by atoms with E-state index in [4.69, 9.17) is 0 Å². The number of carbonyl (C=O) groups excluding carboxylic acids is 1. The Balaban J connectivity index is 2.98. The van der Waals surface area contributed by atoms with Crippen molar-refractivity contribution in [3.63, 3.8) is 0 Å². The molecule has 0 amide bonds. The molecule has 0 aliphatic rings. The van der Waals surface area contributed by atoms with Crippen molar-refractivity contribution in [2.75, 3.05) is 0 Å². The first kappa shape index (κ1) is 6.88. The average Bonchev–Trinajstić information content (AvgIpc) is 2.34. The first-order valence-corrected chi connectivity index (χ1v) is 3.17. The molecule has 1 aromatic rings. The van der Waals surface area contributed by atoms with Gasteiger partial charge < -0.3 is 0 Å². The number of thiophene rings is 1. The van der Waals surface area contributed by atoms with Crippen LogP contribution < -0.4 is 0 Å². The minimum atomic E-state index is -0.547. The van der Waals surface area contributed by atoms with Gasteiger partial charge in [0.2, 0.25) is 0 Å². The van der Waals surface area contributed by atoms with Gasteiger partial charge in [-0.1, -0.05) is 11.3 Å². The summed E-state index contributed by atoms with van der Waals surface area (Å²) in [7, 11) is 0. The van der Waals surface area contributed by atoms with Crippen LogP contribution in [0.3, 0.4) is 0 Å². The monoisotopic (exact) mass is 156 g/mol. The summed E-state index contributed by atoms with van der Waals surface area (Å²) in [5.41, 5.74) is 0.233. The standard InChI is InChI=1S/C5H2NO3S/c7-2-4-1-5(6(8)9)10-3-4/h1-2H. The molecule has 0 saturated carbocycles. The fourth-order valence-electron chi connectivity index (χ4n) is 0.451.